The Hall–Kier alpha value is -3.21. The summed E-state index contributed by atoms with van der Waals surface area (Å²) in [7, 11) is 0. The molecule has 2 aromatic carbocycles. The molecular weight excluding hydrogens is 354 g/mol. The number of ether oxygens (including phenoxy) is 2. The number of rotatable bonds is 4. The number of hydrogen-bond acceptors (Lipinski definition) is 3. The summed E-state index contributed by atoms with van der Waals surface area (Å²) in [6.45, 7) is 0.0298. The maximum Gasteiger partial charge on any atom is 0.573 e. The summed E-state index contributed by atoms with van der Waals surface area (Å²) in [6.07, 6.45) is -5.65. The molecule has 0 saturated heterocycles. The Morgan fingerprint density at radius 1 is 1.12 bits per heavy atom. The summed E-state index contributed by atoms with van der Waals surface area (Å²) in [5.41, 5.74) is 0.960. The monoisotopic (exact) mass is 367 g/mol. The van der Waals surface area contributed by atoms with Gasteiger partial charge in [0.2, 0.25) is 0 Å². The second-order valence-electron chi connectivity index (χ2n) is 4.91. The van der Waals surface area contributed by atoms with Crippen molar-refractivity contribution in [1.29, 1.82) is 0 Å². The van der Waals surface area contributed by atoms with Crippen molar-refractivity contribution in [3.8, 4) is 17.6 Å². The Labute approximate surface area is 146 Å². The van der Waals surface area contributed by atoms with Crippen molar-refractivity contribution in [3.63, 3.8) is 0 Å². The number of carbonyl (C=O) groups is 1. The molecule has 26 heavy (non-hydrogen) atoms. The molecule has 0 bridgehead atoms. The second-order valence-corrected chi connectivity index (χ2v) is 4.91. The van der Waals surface area contributed by atoms with Gasteiger partial charge in [0.05, 0.1) is 6.54 Å². The van der Waals surface area contributed by atoms with Crippen LogP contribution in [0.4, 0.5) is 22.4 Å². The average molecular weight is 367 g/mol. The van der Waals surface area contributed by atoms with Gasteiger partial charge >= 0.3 is 12.5 Å². The first-order valence-electron chi connectivity index (χ1n) is 7.32. The molecule has 0 heterocycles. The maximum absolute atomic E-state index is 13.5. The number of halogens is 4. The number of carbonyl (C=O) groups excluding carboxylic acids is 1. The lowest BCUT2D eigenvalue weighted by Crippen LogP contribution is -2.24. The van der Waals surface area contributed by atoms with Crippen molar-refractivity contribution in [2.75, 3.05) is 6.54 Å². The molecule has 2 aromatic rings. The first kappa shape index (κ1) is 19.1. The molecular formula is C18H13F4NO3. The second kappa shape index (κ2) is 8.76. The van der Waals surface area contributed by atoms with Gasteiger partial charge in [-0.1, -0.05) is 42.2 Å². The molecule has 0 saturated carbocycles. The van der Waals surface area contributed by atoms with E-state index in [0.717, 1.165) is 17.7 Å². The summed E-state index contributed by atoms with van der Waals surface area (Å²) in [5.74, 6) is 2.91. The van der Waals surface area contributed by atoms with Gasteiger partial charge in [-0.05, 0) is 23.8 Å². The van der Waals surface area contributed by atoms with Crippen LogP contribution in [0.5, 0.6) is 5.75 Å². The molecule has 0 aromatic heterocycles. The van der Waals surface area contributed by atoms with E-state index in [1.807, 2.05) is 18.2 Å². The van der Waals surface area contributed by atoms with Crippen molar-refractivity contribution in [3.05, 3.63) is 65.5 Å². The van der Waals surface area contributed by atoms with Crippen LogP contribution >= 0.6 is 0 Å². The van der Waals surface area contributed by atoms with Gasteiger partial charge < -0.3 is 14.8 Å². The summed E-state index contributed by atoms with van der Waals surface area (Å²) >= 11 is 0. The van der Waals surface area contributed by atoms with Crippen LogP contribution in [0, 0.1) is 17.7 Å². The molecule has 1 N–H and O–H groups in total. The smallest absolute Gasteiger partial charge is 0.445 e. The molecule has 2 rings (SSSR count). The molecule has 0 spiro atoms. The molecule has 1 amide bonds. The quantitative estimate of drug-likeness (QED) is 0.656. The Morgan fingerprint density at radius 3 is 2.50 bits per heavy atom. The molecule has 0 aliphatic rings. The summed E-state index contributed by atoms with van der Waals surface area (Å²) in [6, 6.07) is 11.9. The van der Waals surface area contributed by atoms with E-state index in [-0.39, 0.29) is 18.7 Å². The van der Waals surface area contributed by atoms with Crippen LogP contribution in [0.2, 0.25) is 0 Å². The minimum atomic E-state index is -4.97. The lowest BCUT2D eigenvalue weighted by atomic mass is 10.2. The molecule has 0 fully saturated rings. The van der Waals surface area contributed by atoms with Crippen LogP contribution in [-0.4, -0.2) is 19.0 Å². The number of benzene rings is 2. The Bertz CT molecular complexity index is 811. The lowest BCUT2D eigenvalue weighted by molar-refractivity contribution is -0.275. The van der Waals surface area contributed by atoms with E-state index in [2.05, 4.69) is 21.9 Å². The van der Waals surface area contributed by atoms with Gasteiger partial charge in [0.15, 0.2) is 11.6 Å². The summed E-state index contributed by atoms with van der Waals surface area (Å²) < 4.78 is 58.1. The molecule has 0 atom stereocenters. The molecule has 0 aliphatic heterocycles. The third kappa shape index (κ3) is 6.73. The third-order valence-corrected chi connectivity index (χ3v) is 2.92. The van der Waals surface area contributed by atoms with Gasteiger partial charge in [0, 0.05) is 5.56 Å². The molecule has 8 heteroatoms. The lowest BCUT2D eigenvalue weighted by Gasteiger charge is -2.09. The van der Waals surface area contributed by atoms with Crippen molar-refractivity contribution < 1.29 is 31.8 Å². The first-order valence-corrected chi connectivity index (χ1v) is 7.32. The summed E-state index contributed by atoms with van der Waals surface area (Å²) in [4.78, 5) is 11.5. The number of alkyl carbamates (subject to hydrolysis) is 1. The number of amides is 1. The van der Waals surface area contributed by atoms with Gasteiger partial charge in [-0.3, -0.25) is 0 Å². The predicted octanol–water partition coefficient (Wildman–Crippen LogP) is 4.00. The van der Waals surface area contributed by atoms with Crippen LogP contribution in [-0.2, 0) is 11.3 Å². The molecule has 0 unspecified atom stereocenters. The van der Waals surface area contributed by atoms with Crippen molar-refractivity contribution >= 4 is 6.09 Å². The Balaban J connectivity index is 1.80. The molecule has 136 valence electrons. The van der Waals surface area contributed by atoms with E-state index in [0.29, 0.717) is 0 Å². The number of nitrogens with one attached hydrogen (secondary N) is 1. The highest BCUT2D eigenvalue weighted by Crippen LogP contribution is 2.25. The fraction of sp³-hybridized carbons (Fsp3) is 0.167. The molecule has 0 aliphatic carbocycles. The van der Waals surface area contributed by atoms with E-state index in [1.165, 1.54) is 6.07 Å². The van der Waals surface area contributed by atoms with Crippen LogP contribution in [0.15, 0.2) is 48.5 Å². The number of hydrogen-bond donors (Lipinski definition) is 1. The van der Waals surface area contributed by atoms with E-state index >= 15 is 0 Å². The van der Waals surface area contributed by atoms with Crippen LogP contribution in [0.3, 0.4) is 0 Å². The largest absolute Gasteiger partial charge is 0.573 e. The Morgan fingerprint density at radius 2 is 1.85 bits per heavy atom. The van der Waals surface area contributed by atoms with Gasteiger partial charge in [-0.25, -0.2) is 9.18 Å². The van der Waals surface area contributed by atoms with E-state index < -0.39 is 24.0 Å². The highest BCUT2D eigenvalue weighted by atomic mass is 19.4. The van der Waals surface area contributed by atoms with Gasteiger partial charge in [0.25, 0.3) is 0 Å². The zero-order valence-corrected chi connectivity index (χ0v) is 13.3. The standard InChI is InChI=1S/C18H13F4NO3/c19-15-11-13(8-9-16(15)26-18(20,21)22)7-4-10-23-17(24)25-12-14-5-2-1-3-6-14/h1-3,5-6,8-9,11H,10,12H2,(H,23,24). The third-order valence-electron chi connectivity index (χ3n) is 2.92. The molecule has 4 nitrogen and oxygen atoms in total. The predicted molar refractivity (Wildman–Crippen MR) is 84.6 cm³/mol. The number of alkyl halides is 3. The van der Waals surface area contributed by atoms with E-state index in [4.69, 9.17) is 4.74 Å². The minimum absolute atomic E-state index is 0.0734. The normalized spacial score (nSPS) is 10.5. The zero-order chi connectivity index (χ0) is 19.0. The van der Waals surface area contributed by atoms with Gasteiger partial charge in [-0.2, -0.15) is 0 Å². The minimum Gasteiger partial charge on any atom is -0.445 e. The Kier molecular flexibility index (Phi) is 6.44. The van der Waals surface area contributed by atoms with Crippen molar-refractivity contribution in [1.82, 2.24) is 5.32 Å². The fourth-order valence-electron chi connectivity index (χ4n) is 1.82. The average Bonchev–Trinajstić information content (AvgIpc) is 2.59. The van der Waals surface area contributed by atoms with Gasteiger partial charge in [-0.15, -0.1) is 13.2 Å². The van der Waals surface area contributed by atoms with E-state index in [9.17, 15) is 22.4 Å². The highest BCUT2D eigenvalue weighted by Gasteiger charge is 2.32. The van der Waals surface area contributed by atoms with Crippen molar-refractivity contribution in [2.24, 2.45) is 0 Å². The van der Waals surface area contributed by atoms with Crippen molar-refractivity contribution in [2.45, 2.75) is 13.0 Å². The van der Waals surface area contributed by atoms with Crippen LogP contribution in [0.1, 0.15) is 11.1 Å². The first-order chi connectivity index (χ1) is 12.3. The van der Waals surface area contributed by atoms with Crippen LogP contribution in [0.25, 0.3) is 0 Å². The maximum atomic E-state index is 13.5. The summed E-state index contributed by atoms with van der Waals surface area (Å²) in [5, 5.41) is 2.38. The van der Waals surface area contributed by atoms with E-state index in [1.54, 1.807) is 12.1 Å². The SMILES string of the molecule is O=C(NCC#Cc1ccc(OC(F)(F)F)c(F)c1)OCc1ccccc1. The van der Waals surface area contributed by atoms with Crippen LogP contribution < -0.4 is 10.1 Å². The highest BCUT2D eigenvalue weighted by molar-refractivity contribution is 5.67. The zero-order valence-electron chi connectivity index (χ0n) is 13.3. The fourth-order valence-corrected chi connectivity index (χ4v) is 1.82. The molecule has 0 radical (unpaired) electrons. The van der Waals surface area contributed by atoms with Gasteiger partial charge in [0.1, 0.15) is 6.61 Å². The topological polar surface area (TPSA) is 47.6 Å².